The van der Waals surface area contributed by atoms with Gasteiger partial charge < -0.3 is 20.3 Å². The van der Waals surface area contributed by atoms with Gasteiger partial charge in [0.15, 0.2) is 17.7 Å². The average Bonchev–Trinajstić information content (AvgIpc) is 2.38. The van der Waals surface area contributed by atoms with Crippen LogP contribution in [-0.4, -0.2) is 41.8 Å². The summed E-state index contributed by atoms with van der Waals surface area (Å²) in [6.45, 7) is -0.0278. The maximum atomic E-state index is 13.3. The van der Waals surface area contributed by atoms with E-state index in [1.54, 1.807) is 0 Å². The standard InChI is InChI=1S/C12H14FNO5/c1-19-10-3-2-7(6-8(10)13)11(16)14-5-4-9(15)12(17)18/h2-3,6,9,15H,4-5H2,1H3,(H,14,16)(H,17,18)/t9-/m0/s1. The average molecular weight is 271 g/mol. The minimum absolute atomic E-state index is 0.0258. The highest BCUT2D eigenvalue weighted by Crippen LogP contribution is 2.17. The first-order valence-electron chi connectivity index (χ1n) is 5.48. The maximum Gasteiger partial charge on any atom is 0.332 e. The molecular weight excluding hydrogens is 257 g/mol. The molecule has 0 aliphatic heterocycles. The number of nitrogens with one attached hydrogen (secondary N) is 1. The van der Waals surface area contributed by atoms with Crippen LogP contribution in [0.4, 0.5) is 4.39 Å². The van der Waals surface area contributed by atoms with Crippen LogP contribution in [0.5, 0.6) is 5.75 Å². The summed E-state index contributed by atoms with van der Waals surface area (Å²) >= 11 is 0. The Morgan fingerprint density at radius 1 is 1.47 bits per heavy atom. The number of methoxy groups -OCH3 is 1. The van der Waals surface area contributed by atoms with Gasteiger partial charge in [0.1, 0.15) is 0 Å². The van der Waals surface area contributed by atoms with Crippen molar-refractivity contribution >= 4 is 11.9 Å². The highest BCUT2D eigenvalue weighted by molar-refractivity contribution is 5.94. The fourth-order valence-electron chi connectivity index (χ4n) is 1.36. The highest BCUT2D eigenvalue weighted by Gasteiger charge is 2.14. The van der Waals surface area contributed by atoms with Gasteiger partial charge in [-0.3, -0.25) is 4.79 Å². The third-order valence-electron chi connectivity index (χ3n) is 2.40. The molecule has 3 N–H and O–H groups in total. The number of carboxylic acids is 1. The minimum Gasteiger partial charge on any atom is -0.494 e. The predicted molar refractivity (Wildman–Crippen MR) is 63.5 cm³/mol. The van der Waals surface area contributed by atoms with Crippen LogP contribution in [0.3, 0.4) is 0 Å². The van der Waals surface area contributed by atoms with Gasteiger partial charge in [-0.05, 0) is 18.2 Å². The van der Waals surface area contributed by atoms with Crippen molar-refractivity contribution in [3.8, 4) is 5.75 Å². The van der Waals surface area contributed by atoms with Crippen LogP contribution >= 0.6 is 0 Å². The van der Waals surface area contributed by atoms with Crippen molar-refractivity contribution in [1.29, 1.82) is 0 Å². The number of aliphatic carboxylic acids is 1. The van der Waals surface area contributed by atoms with E-state index in [4.69, 9.17) is 14.9 Å². The lowest BCUT2D eigenvalue weighted by atomic mass is 10.2. The van der Waals surface area contributed by atoms with Gasteiger partial charge in [0.05, 0.1) is 7.11 Å². The molecule has 0 saturated carbocycles. The van der Waals surface area contributed by atoms with Crippen molar-refractivity contribution in [3.05, 3.63) is 29.6 Å². The highest BCUT2D eigenvalue weighted by atomic mass is 19.1. The van der Waals surface area contributed by atoms with Crippen LogP contribution in [0.2, 0.25) is 0 Å². The minimum atomic E-state index is -1.53. The number of halogens is 1. The summed E-state index contributed by atoms with van der Waals surface area (Å²) in [5.41, 5.74) is 0.0862. The first kappa shape index (κ1) is 14.9. The zero-order valence-corrected chi connectivity index (χ0v) is 10.2. The molecule has 6 nitrogen and oxygen atoms in total. The van der Waals surface area contributed by atoms with Crippen molar-refractivity contribution in [3.63, 3.8) is 0 Å². The Bertz CT molecular complexity index is 477. The number of hydrogen-bond donors (Lipinski definition) is 3. The van der Waals surface area contributed by atoms with Gasteiger partial charge >= 0.3 is 5.97 Å². The molecule has 0 aromatic heterocycles. The number of benzene rings is 1. The Morgan fingerprint density at radius 2 is 2.16 bits per heavy atom. The third-order valence-corrected chi connectivity index (χ3v) is 2.40. The van der Waals surface area contributed by atoms with Gasteiger partial charge in [-0.2, -0.15) is 0 Å². The Morgan fingerprint density at radius 3 is 2.68 bits per heavy atom. The van der Waals surface area contributed by atoms with E-state index in [1.165, 1.54) is 19.2 Å². The van der Waals surface area contributed by atoms with E-state index < -0.39 is 23.8 Å². The summed E-state index contributed by atoms with van der Waals surface area (Å²) in [5, 5.41) is 19.8. The van der Waals surface area contributed by atoms with Gasteiger partial charge in [0, 0.05) is 18.5 Å². The summed E-state index contributed by atoms with van der Waals surface area (Å²) in [7, 11) is 1.31. The van der Waals surface area contributed by atoms with Crippen molar-refractivity contribution in [2.45, 2.75) is 12.5 Å². The Balaban J connectivity index is 2.54. The number of rotatable bonds is 6. The molecule has 0 radical (unpaired) electrons. The lowest BCUT2D eigenvalue weighted by Crippen LogP contribution is -2.30. The first-order valence-corrected chi connectivity index (χ1v) is 5.48. The molecule has 0 unspecified atom stereocenters. The molecule has 0 bridgehead atoms. The molecule has 1 aromatic carbocycles. The molecule has 0 saturated heterocycles. The molecule has 104 valence electrons. The third kappa shape index (κ3) is 4.22. The second-order valence-electron chi connectivity index (χ2n) is 3.75. The van der Waals surface area contributed by atoms with E-state index in [1.807, 2.05) is 0 Å². The first-order chi connectivity index (χ1) is 8.95. The molecule has 1 aromatic rings. The van der Waals surface area contributed by atoms with Crippen molar-refractivity contribution < 1.29 is 28.9 Å². The van der Waals surface area contributed by atoms with Crippen molar-refractivity contribution in [2.75, 3.05) is 13.7 Å². The number of aliphatic hydroxyl groups excluding tert-OH is 1. The van der Waals surface area contributed by atoms with Gasteiger partial charge in [0.2, 0.25) is 0 Å². The summed E-state index contributed by atoms with van der Waals surface area (Å²) in [6, 6.07) is 3.71. The number of aliphatic hydroxyl groups is 1. The molecule has 0 fully saturated rings. The summed E-state index contributed by atoms with van der Waals surface area (Å²) < 4.78 is 18.1. The summed E-state index contributed by atoms with van der Waals surface area (Å²) in [4.78, 5) is 21.9. The lowest BCUT2D eigenvalue weighted by Gasteiger charge is -2.08. The van der Waals surface area contributed by atoms with E-state index in [2.05, 4.69) is 5.32 Å². The van der Waals surface area contributed by atoms with Crippen molar-refractivity contribution in [1.82, 2.24) is 5.32 Å². The number of hydrogen-bond acceptors (Lipinski definition) is 4. The molecular formula is C12H14FNO5. The largest absolute Gasteiger partial charge is 0.494 e. The van der Waals surface area contributed by atoms with Gasteiger partial charge in [-0.15, -0.1) is 0 Å². The molecule has 7 heteroatoms. The summed E-state index contributed by atoms with van der Waals surface area (Å²) in [5.74, 6) is -2.55. The van der Waals surface area contributed by atoms with Crippen molar-refractivity contribution in [2.24, 2.45) is 0 Å². The second kappa shape index (κ2) is 6.69. The maximum absolute atomic E-state index is 13.3. The predicted octanol–water partition coefficient (Wildman–Crippen LogP) is 0.400. The van der Waals surface area contributed by atoms with E-state index in [9.17, 15) is 14.0 Å². The van der Waals surface area contributed by atoms with Gasteiger partial charge in [-0.1, -0.05) is 0 Å². The molecule has 19 heavy (non-hydrogen) atoms. The van der Waals surface area contributed by atoms with E-state index in [0.29, 0.717) is 0 Å². The molecule has 0 aliphatic rings. The fraction of sp³-hybridized carbons (Fsp3) is 0.333. The zero-order valence-electron chi connectivity index (χ0n) is 10.2. The Hall–Kier alpha value is -2.15. The monoisotopic (exact) mass is 271 g/mol. The zero-order chi connectivity index (χ0) is 14.4. The van der Waals surface area contributed by atoms with Crippen LogP contribution in [0.1, 0.15) is 16.8 Å². The summed E-state index contributed by atoms with van der Waals surface area (Å²) in [6.07, 6.45) is -1.66. The lowest BCUT2D eigenvalue weighted by molar-refractivity contribution is -0.146. The van der Waals surface area contributed by atoms with E-state index in [0.717, 1.165) is 6.07 Å². The number of carboxylic acid groups (broad SMARTS) is 1. The molecule has 1 atom stereocenters. The number of ether oxygens (including phenoxy) is 1. The van der Waals surface area contributed by atoms with Crippen LogP contribution in [0.15, 0.2) is 18.2 Å². The molecule has 0 aliphatic carbocycles. The second-order valence-corrected chi connectivity index (χ2v) is 3.75. The molecule has 1 rings (SSSR count). The number of carbonyl (C=O) groups excluding carboxylic acids is 1. The number of carbonyl (C=O) groups is 2. The van der Waals surface area contributed by atoms with Crippen LogP contribution < -0.4 is 10.1 Å². The van der Waals surface area contributed by atoms with E-state index >= 15 is 0 Å². The van der Waals surface area contributed by atoms with Crippen LogP contribution in [-0.2, 0) is 4.79 Å². The van der Waals surface area contributed by atoms with Gasteiger partial charge in [-0.25, -0.2) is 9.18 Å². The van der Waals surface area contributed by atoms with Crippen LogP contribution in [0, 0.1) is 5.82 Å². The van der Waals surface area contributed by atoms with Crippen LogP contribution in [0.25, 0.3) is 0 Å². The quantitative estimate of drug-likeness (QED) is 0.696. The molecule has 0 spiro atoms. The Labute approximate surface area is 108 Å². The smallest absolute Gasteiger partial charge is 0.332 e. The Kier molecular flexibility index (Phi) is 5.25. The normalized spacial score (nSPS) is 11.7. The SMILES string of the molecule is COc1ccc(C(=O)NCC[C@H](O)C(=O)O)cc1F. The fourth-order valence-corrected chi connectivity index (χ4v) is 1.36. The number of amides is 1. The van der Waals surface area contributed by atoms with E-state index in [-0.39, 0.29) is 24.3 Å². The molecule has 1 amide bonds. The van der Waals surface area contributed by atoms with Gasteiger partial charge in [0.25, 0.3) is 5.91 Å². The molecule has 0 heterocycles. The topological polar surface area (TPSA) is 95.9 Å².